The van der Waals surface area contributed by atoms with Gasteiger partial charge in [-0.05, 0) is 30.2 Å². The SMILES string of the molecule is Cc1ccc(Cn2c(C(O)c3ccccc3)nc3ccccc32)cc1. The van der Waals surface area contributed by atoms with Crippen LogP contribution in [0.15, 0.2) is 78.9 Å². The van der Waals surface area contributed by atoms with Crippen molar-refractivity contribution in [3.05, 3.63) is 101 Å². The third-order valence-electron chi connectivity index (χ3n) is 4.51. The van der Waals surface area contributed by atoms with Crippen LogP contribution in [0.2, 0.25) is 0 Å². The highest BCUT2D eigenvalue weighted by atomic mass is 16.3. The van der Waals surface area contributed by atoms with E-state index in [-0.39, 0.29) is 0 Å². The van der Waals surface area contributed by atoms with Gasteiger partial charge in [-0.2, -0.15) is 0 Å². The van der Waals surface area contributed by atoms with Gasteiger partial charge >= 0.3 is 0 Å². The predicted octanol–water partition coefficient (Wildman–Crippen LogP) is 4.47. The standard InChI is InChI=1S/C22H20N2O/c1-16-11-13-17(14-12-16)15-24-20-10-6-5-9-19(20)23-22(24)21(25)18-7-3-2-4-8-18/h2-14,21,25H,15H2,1H3. The Balaban J connectivity index is 1.82. The Morgan fingerprint density at radius 3 is 2.32 bits per heavy atom. The molecule has 0 amide bonds. The van der Waals surface area contributed by atoms with Crippen LogP contribution >= 0.6 is 0 Å². The van der Waals surface area contributed by atoms with E-state index < -0.39 is 6.10 Å². The summed E-state index contributed by atoms with van der Waals surface area (Å²) in [5, 5.41) is 10.9. The van der Waals surface area contributed by atoms with E-state index in [2.05, 4.69) is 41.8 Å². The topological polar surface area (TPSA) is 38.0 Å². The van der Waals surface area contributed by atoms with Gasteiger partial charge in [0.05, 0.1) is 11.0 Å². The van der Waals surface area contributed by atoms with Gasteiger partial charge in [0.25, 0.3) is 0 Å². The van der Waals surface area contributed by atoms with E-state index >= 15 is 0 Å². The molecule has 0 saturated carbocycles. The summed E-state index contributed by atoms with van der Waals surface area (Å²) in [7, 11) is 0. The zero-order valence-electron chi connectivity index (χ0n) is 14.1. The average molecular weight is 328 g/mol. The molecule has 1 heterocycles. The summed E-state index contributed by atoms with van der Waals surface area (Å²) in [4.78, 5) is 4.72. The van der Waals surface area contributed by atoms with Gasteiger partial charge in [-0.15, -0.1) is 0 Å². The number of nitrogens with zero attached hydrogens (tertiary/aromatic N) is 2. The highest BCUT2D eigenvalue weighted by Crippen LogP contribution is 2.26. The average Bonchev–Trinajstić information content (AvgIpc) is 3.02. The minimum Gasteiger partial charge on any atom is -0.380 e. The van der Waals surface area contributed by atoms with Crippen LogP contribution in [-0.2, 0) is 6.54 Å². The number of hydrogen-bond acceptors (Lipinski definition) is 2. The molecule has 3 nitrogen and oxygen atoms in total. The van der Waals surface area contributed by atoms with Gasteiger partial charge in [0.2, 0.25) is 0 Å². The molecule has 25 heavy (non-hydrogen) atoms. The Morgan fingerprint density at radius 2 is 1.56 bits per heavy atom. The van der Waals surface area contributed by atoms with Crippen LogP contribution in [0.3, 0.4) is 0 Å². The van der Waals surface area contributed by atoms with Crippen LogP contribution in [-0.4, -0.2) is 14.7 Å². The molecule has 0 aliphatic carbocycles. The number of para-hydroxylation sites is 2. The molecule has 124 valence electrons. The zero-order valence-corrected chi connectivity index (χ0v) is 14.1. The maximum atomic E-state index is 10.9. The second-order valence-corrected chi connectivity index (χ2v) is 6.34. The number of rotatable bonds is 4. The van der Waals surface area contributed by atoms with Crippen LogP contribution in [0.25, 0.3) is 11.0 Å². The van der Waals surface area contributed by atoms with Gasteiger partial charge in [0, 0.05) is 6.54 Å². The van der Waals surface area contributed by atoms with E-state index in [0.717, 1.165) is 16.6 Å². The lowest BCUT2D eigenvalue weighted by Crippen LogP contribution is -2.11. The van der Waals surface area contributed by atoms with Crippen molar-refractivity contribution in [3.8, 4) is 0 Å². The Bertz CT molecular complexity index is 988. The summed E-state index contributed by atoms with van der Waals surface area (Å²) in [6.07, 6.45) is -0.751. The molecule has 0 aliphatic heterocycles. The smallest absolute Gasteiger partial charge is 0.143 e. The third kappa shape index (κ3) is 3.06. The van der Waals surface area contributed by atoms with Crippen molar-refractivity contribution in [1.29, 1.82) is 0 Å². The van der Waals surface area contributed by atoms with Gasteiger partial charge in [-0.3, -0.25) is 0 Å². The van der Waals surface area contributed by atoms with E-state index in [1.54, 1.807) is 0 Å². The molecule has 0 bridgehead atoms. The maximum Gasteiger partial charge on any atom is 0.143 e. The van der Waals surface area contributed by atoms with Crippen LogP contribution in [0.1, 0.15) is 28.6 Å². The second-order valence-electron chi connectivity index (χ2n) is 6.34. The summed E-state index contributed by atoms with van der Waals surface area (Å²) in [5.41, 5.74) is 5.22. The Kier molecular flexibility index (Phi) is 4.08. The second kappa shape index (κ2) is 6.54. The first-order valence-electron chi connectivity index (χ1n) is 8.46. The molecular weight excluding hydrogens is 308 g/mol. The predicted molar refractivity (Wildman–Crippen MR) is 101 cm³/mol. The van der Waals surface area contributed by atoms with Crippen molar-refractivity contribution < 1.29 is 5.11 Å². The summed E-state index contributed by atoms with van der Waals surface area (Å²) in [6, 6.07) is 26.2. The molecule has 3 heteroatoms. The number of benzene rings is 3. The van der Waals surface area contributed by atoms with Crippen molar-refractivity contribution in [2.75, 3.05) is 0 Å². The first kappa shape index (κ1) is 15.6. The fraction of sp³-hybridized carbons (Fsp3) is 0.136. The van der Waals surface area contributed by atoms with Crippen molar-refractivity contribution in [2.24, 2.45) is 0 Å². The first-order chi connectivity index (χ1) is 12.2. The molecular formula is C22H20N2O. The molecule has 0 fully saturated rings. The Labute approximate surface area is 147 Å². The monoisotopic (exact) mass is 328 g/mol. The van der Waals surface area contributed by atoms with E-state index in [9.17, 15) is 5.11 Å². The Hall–Kier alpha value is -2.91. The zero-order chi connectivity index (χ0) is 17.2. The maximum absolute atomic E-state index is 10.9. The van der Waals surface area contributed by atoms with E-state index in [0.29, 0.717) is 12.4 Å². The molecule has 0 spiro atoms. The highest BCUT2D eigenvalue weighted by Gasteiger charge is 2.19. The van der Waals surface area contributed by atoms with Gasteiger partial charge in [-0.25, -0.2) is 4.98 Å². The van der Waals surface area contributed by atoms with Crippen molar-refractivity contribution in [1.82, 2.24) is 9.55 Å². The molecule has 0 saturated heterocycles. The molecule has 1 atom stereocenters. The molecule has 0 aliphatic rings. The fourth-order valence-electron chi connectivity index (χ4n) is 3.13. The van der Waals surface area contributed by atoms with Crippen LogP contribution in [0.5, 0.6) is 0 Å². The number of aromatic nitrogens is 2. The summed E-state index contributed by atoms with van der Waals surface area (Å²) in [5.74, 6) is 0.674. The highest BCUT2D eigenvalue weighted by molar-refractivity contribution is 5.76. The first-order valence-corrected chi connectivity index (χ1v) is 8.46. The Morgan fingerprint density at radius 1 is 0.880 bits per heavy atom. The lowest BCUT2D eigenvalue weighted by molar-refractivity contribution is 0.206. The largest absolute Gasteiger partial charge is 0.380 e. The molecule has 3 aromatic carbocycles. The summed E-state index contributed by atoms with van der Waals surface area (Å²) < 4.78 is 2.11. The molecule has 1 N–H and O–H groups in total. The van der Waals surface area contributed by atoms with E-state index in [1.807, 2.05) is 48.5 Å². The fourth-order valence-corrected chi connectivity index (χ4v) is 3.13. The molecule has 1 aromatic heterocycles. The lowest BCUT2D eigenvalue weighted by Gasteiger charge is -2.14. The number of aliphatic hydroxyl groups excluding tert-OH is 1. The normalized spacial score (nSPS) is 12.4. The van der Waals surface area contributed by atoms with Gasteiger partial charge < -0.3 is 9.67 Å². The molecule has 0 radical (unpaired) electrons. The number of hydrogen-bond donors (Lipinski definition) is 1. The number of aliphatic hydroxyl groups is 1. The van der Waals surface area contributed by atoms with Crippen molar-refractivity contribution >= 4 is 11.0 Å². The lowest BCUT2D eigenvalue weighted by atomic mass is 10.1. The van der Waals surface area contributed by atoms with Gasteiger partial charge in [0.1, 0.15) is 11.9 Å². The van der Waals surface area contributed by atoms with Crippen molar-refractivity contribution in [2.45, 2.75) is 19.6 Å². The summed E-state index contributed by atoms with van der Waals surface area (Å²) >= 11 is 0. The molecule has 4 aromatic rings. The number of fused-ring (bicyclic) bond motifs is 1. The van der Waals surface area contributed by atoms with Crippen LogP contribution < -0.4 is 0 Å². The summed E-state index contributed by atoms with van der Waals surface area (Å²) in [6.45, 7) is 2.76. The van der Waals surface area contributed by atoms with Crippen LogP contribution in [0, 0.1) is 6.92 Å². The van der Waals surface area contributed by atoms with E-state index in [1.165, 1.54) is 11.1 Å². The number of aryl methyl sites for hydroxylation is 1. The minimum absolute atomic E-state index is 0.674. The van der Waals surface area contributed by atoms with E-state index in [4.69, 9.17) is 4.98 Å². The van der Waals surface area contributed by atoms with Gasteiger partial charge in [-0.1, -0.05) is 72.3 Å². The van der Waals surface area contributed by atoms with Crippen LogP contribution in [0.4, 0.5) is 0 Å². The third-order valence-corrected chi connectivity index (χ3v) is 4.51. The van der Waals surface area contributed by atoms with Gasteiger partial charge in [0.15, 0.2) is 0 Å². The number of imidazole rings is 1. The molecule has 4 rings (SSSR count). The minimum atomic E-state index is -0.751. The quantitative estimate of drug-likeness (QED) is 0.600. The van der Waals surface area contributed by atoms with Crippen molar-refractivity contribution in [3.63, 3.8) is 0 Å². The molecule has 1 unspecified atom stereocenters.